The smallest absolute Gasteiger partial charge is 0.359 e. The van der Waals surface area contributed by atoms with Gasteiger partial charge in [0.1, 0.15) is 5.00 Å². The van der Waals surface area contributed by atoms with E-state index in [9.17, 15) is 14.4 Å². The SMILES string of the molecule is CCOC(=O)c1nn(-c2ccc(C)cc2)c(=O)c2c(NC(C)=O)scc12. The number of hydrogen-bond acceptors (Lipinski definition) is 6. The van der Waals surface area contributed by atoms with Crippen molar-refractivity contribution in [3.8, 4) is 5.69 Å². The maximum absolute atomic E-state index is 13.0. The maximum atomic E-state index is 13.0. The number of fused-ring (bicyclic) bond motifs is 1. The lowest BCUT2D eigenvalue weighted by atomic mass is 10.2. The van der Waals surface area contributed by atoms with Gasteiger partial charge in [-0.3, -0.25) is 9.59 Å². The van der Waals surface area contributed by atoms with Crippen molar-refractivity contribution in [1.29, 1.82) is 0 Å². The summed E-state index contributed by atoms with van der Waals surface area (Å²) in [5.41, 5.74) is 1.17. The van der Waals surface area contributed by atoms with Gasteiger partial charge in [-0.1, -0.05) is 17.7 Å². The van der Waals surface area contributed by atoms with E-state index in [4.69, 9.17) is 4.74 Å². The zero-order valence-electron chi connectivity index (χ0n) is 14.5. The summed E-state index contributed by atoms with van der Waals surface area (Å²) >= 11 is 1.17. The molecule has 1 aromatic carbocycles. The number of nitrogens with zero attached hydrogens (tertiary/aromatic N) is 2. The average Bonchev–Trinajstić information content (AvgIpc) is 3.00. The number of ether oxygens (including phenoxy) is 1. The number of amides is 1. The fourth-order valence-corrected chi connectivity index (χ4v) is 3.50. The molecule has 3 rings (SSSR count). The van der Waals surface area contributed by atoms with Crippen molar-refractivity contribution in [3.05, 3.63) is 51.3 Å². The van der Waals surface area contributed by atoms with Crippen LogP contribution in [0.5, 0.6) is 0 Å². The molecule has 0 spiro atoms. The molecule has 26 heavy (non-hydrogen) atoms. The van der Waals surface area contributed by atoms with Crippen LogP contribution in [0.15, 0.2) is 34.4 Å². The van der Waals surface area contributed by atoms with Crippen molar-refractivity contribution in [2.24, 2.45) is 0 Å². The number of carbonyl (C=O) groups is 2. The Kier molecular flexibility index (Phi) is 4.85. The van der Waals surface area contributed by atoms with E-state index in [0.717, 1.165) is 10.2 Å². The molecule has 1 amide bonds. The molecular weight excluding hydrogens is 354 g/mol. The normalized spacial score (nSPS) is 10.7. The highest BCUT2D eigenvalue weighted by Gasteiger charge is 2.22. The number of carbonyl (C=O) groups excluding carboxylic acids is 2. The van der Waals surface area contributed by atoms with Gasteiger partial charge in [0.25, 0.3) is 5.56 Å². The molecule has 0 bridgehead atoms. The van der Waals surface area contributed by atoms with Crippen LogP contribution in [0, 0.1) is 6.92 Å². The zero-order valence-corrected chi connectivity index (χ0v) is 15.3. The lowest BCUT2D eigenvalue weighted by Gasteiger charge is -2.10. The summed E-state index contributed by atoms with van der Waals surface area (Å²) in [5.74, 6) is -0.921. The second kappa shape index (κ2) is 7.09. The van der Waals surface area contributed by atoms with Gasteiger partial charge < -0.3 is 10.1 Å². The van der Waals surface area contributed by atoms with Crippen molar-refractivity contribution >= 4 is 39.0 Å². The van der Waals surface area contributed by atoms with E-state index in [1.165, 1.54) is 18.3 Å². The van der Waals surface area contributed by atoms with Gasteiger partial charge in [-0.15, -0.1) is 11.3 Å². The number of rotatable bonds is 4. The van der Waals surface area contributed by atoms with Crippen LogP contribution in [0.3, 0.4) is 0 Å². The van der Waals surface area contributed by atoms with Crippen LogP contribution in [-0.2, 0) is 9.53 Å². The van der Waals surface area contributed by atoms with E-state index in [0.29, 0.717) is 16.1 Å². The highest BCUT2D eigenvalue weighted by atomic mass is 32.1. The van der Waals surface area contributed by atoms with E-state index in [-0.39, 0.29) is 23.6 Å². The molecule has 0 aliphatic carbocycles. The van der Waals surface area contributed by atoms with Gasteiger partial charge in [0.2, 0.25) is 5.91 Å². The summed E-state index contributed by atoms with van der Waals surface area (Å²) in [6, 6.07) is 7.18. The fourth-order valence-electron chi connectivity index (χ4n) is 2.51. The van der Waals surface area contributed by atoms with E-state index < -0.39 is 11.5 Å². The standard InChI is InChI=1S/C18H17N3O4S/c1-4-25-18(24)15-13-9-26-16(19-11(3)22)14(13)17(23)21(20-15)12-7-5-10(2)6-8-12/h5-9H,4H2,1-3H3,(H,19,22). The van der Waals surface area contributed by atoms with E-state index in [1.54, 1.807) is 24.4 Å². The number of benzene rings is 1. The molecule has 7 nitrogen and oxygen atoms in total. The number of anilines is 1. The Morgan fingerprint density at radius 1 is 1.27 bits per heavy atom. The summed E-state index contributed by atoms with van der Waals surface area (Å²) in [4.78, 5) is 36.8. The van der Waals surface area contributed by atoms with Crippen LogP contribution < -0.4 is 10.9 Å². The molecule has 1 N–H and O–H groups in total. The molecular formula is C18H17N3O4S. The van der Waals surface area contributed by atoms with Crippen LogP contribution in [-0.4, -0.2) is 28.3 Å². The van der Waals surface area contributed by atoms with E-state index >= 15 is 0 Å². The second-order valence-electron chi connectivity index (χ2n) is 5.66. The lowest BCUT2D eigenvalue weighted by molar-refractivity contribution is -0.114. The summed E-state index contributed by atoms with van der Waals surface area (Å²) in [6.07, 6.45) is 0. The van der Waals surface area contributed by atoms with Crippen molar-refractivity contribution in [3.63, 3.8) is 0 Å². The summed E-state index contributed by atoms with van der Waals surface area (Å²) in [5, 5.41) is 9.49. The molecule has 2 aromatic heterocycles. The fraction of sp³-hybridized carbons (Fsp3) is 0.222. The molecule has 0 aliphatic rings. The van der Waals surface area contributed by atoms with E-state index in [1.807, 2.05) is 19.1 Å². The van der Waals surface area contributed by atoms with Gasteiger partial charge in [-0.2, -0.15) is 9.78 Å². The third kappa shape index (κ3) is 3.23. The Balaban J connectivity index is 2.32. The number of hydrogen-bond donors (Lipinski definition) is 1. The number of esters is 1. The summed E-state index contributed by atoms with van der Waals surface area (Å²) in [6.45, 7) is 5.17. The van der Waals surface area contributed by atoms with Crippen molar-refractivity contribution < 1.29 is 14.3 Å². The second-order valence-corrected chi connectivity index (χ2v) is 6.54. The summed E-state index contributed by atoms with van der Waals surface area (Å²) < 4.78 is 6.24. The first-order valence-electron chi connectivity index (χ1n) is 7.98. The topological polar surface area (TPSA) is 90.3 Å². The van der Waals surface area contributed by atoms with Crippen molar-refractivity contribution in [2.75, 3.05) is 11.9 Å². The van der Waals surface area contributed by atoms with Crippen LogP contribution in [0.4, 0.5) is 5.00 Å². The highest BCUT2D eigenvalue weighted by Crippen LogP contribution is 2.30. The van der Waals surface area contributed by atoms with Gasteiger partial charge in [0, 0.05) is 17.7 Å². The predicted molar refractivity (Wildman–Crippen MR) is 100 cm³/mol. The van der Waals surface area contributed by atoms with Gasteiger partial charge in [0.15, 0.2) is 5.69 Å². The van der Waals surface area contributed by atoms with E-state index in [2.05, 4.69) is 10.4 Å². The first-order valence-corrected chi connectivity index (χ1v) is 8.86. The first-order chi connectivity index (χ1) is 12.4. The minimum absolute atomic E-state index is 0.0369. The quantitative estimate of drug-likeness (QED) is 0.712. The molecule has 0 fully saturated rings. The minimum Gasteiger partial charge on any atom is -0.461 e. The van der Waals surface area contributed by atoms with Crippen LogP contribution in [0.2, 0.25) is 0 Å². The Morgan fingerprint density at radius 3 is 2.58 bits per heavy atom. The Hall–Kier alpha value is -3.00. The number of aromatic nitrogens is 2. The molecule has 2 heterocycles. The third-order valence-electron chi connectivity index (χ3n) is 3.69. The van der Waals surface area contributed by atoms with Crippen LogP contribution in [0.1, 0.15) is 29.9 Å². The number of nitrogens with one attached hydrogen (secondary N) is 1. The predicted octanol–water partition coefficient (Wildman–Crippen LogP) is 2.89. The van der Waals surface area contributed by atoms with Crippen molar-refractivity contribution in [2.45, 2.75) is 20.8 Å². The minimum atomic E-state index is -0.620. The lowest BCUT2D eigenvalue weighted by Crippen LogP contribution is -2.25. The van der Waals surface area contributed by atoms with Gasteiger partial charge in [0.05, 0.1) is 17.7 Å². The molecule has 0 saturated heterocycles. The Bertz CT molecular complexity index is 1050. The average molecular weight is 371 g/mol. The van der Waals surface area contributed by atoms with Gasteiger partial charge >= 0.3 is 5.97 Å². The van der Waals surface area contributed by atoms with Crippen molar-refractivity contribution in [1.82, 2.24) is 9.78 Å². The zero-order chi connectivity index (χ0) is 18.8. The highest BCUT2D eigenvalue weighted by molar-refractivity contribution is 7.16. The largest absolute Gasteiger partial charge is 0.461 e. The molecule has 0 unspecified atom stereocenters. The molecule has 0 radical (unpaired) electrons. The third-order valence-corrected chi connectivity index (χ3v) is 4.58. The molecule has 0 saturated carbocycles. The molecule has 8 heteroatoms. The van der Waals surface area contributed by atoms with Gasteiger partial charge in [-0.05, 0) is 26.0 Å². The monoisotopic (exact) mass is 371 g/mol. The van der Waals surface area contributed by atoms with Crippen LogP contribution in [0.25, 0.3) is 16.5 Å². The molecule has 134 valence electrons. The number of thiophene rings is 1. The first kappa shape index (κ1) is 17.8. The van der Waals surface area contributed by atoms with Gasteiger partial charge in [-0.25, -0.2) is 4.79 Å². The molecule has 0 atom stereocenters. The maximum Gasteiger partial charge on any atom is 0.359 e. The molecule has 0 aliphatic heterocycles. The number of aryl methyl sites for hydroxylation is 1. The molecule has 3 aromatic rings. The summed E-state index contributed by atoms with van der Waals surface area (Å²) in [7, 11) is 0. The van der Waals surface area contributed by atoms with Crippen LogP contribution >= 0.6 is 11.3 Å². The Morgan fingerprint density at radius 2 is 1.96 bits per heavy atom. The Labute approximate surface area is 153 Å².